The fraction of sp³-hybridized carbons (Fsp3) is 0.0263. The summed E-state index contributed by atoms with van der Waals surface area (Å²) in [7, 11) is -3.31. The third-order valence-corrected chi connectivity index (χ3v) is 10.2. The smallest absolute Gasteiger partial charge is 0.175 e. The largest absolute Gasteiger partial charge is 0.306 e. The van der Waals surface area contributed by atoms with E-state index < -0.39 is 9.84 Å². The molecular formula is C38H27N3O2S2. The lowest BCUT2D eigenvalue weighted by Gasteiger charge is -2.40. The molecule has 0 atom stereocenters. The number of hydrogen-bond acceptors (Lipinski definition) is 6. The molecule has 218 valence electrons. The number of sulfone groups is 1. The minimum Gasteiger partial charge on any atom is -0.306 e. The molecule has 0 fully saturated rings. The van der Waals surface area contributed by atoms with Crippen molar-refractivity contribution in [1.82, 2.24) is 4.98 Å². The Balaban J connectivity index is 1.39. The first-order chi connectivity index (χ1) is 22.0. The van der Waals surface area contributed by atoms with Crippen LogP contribution in [0.2, 0.25) is 0 Å². The zero-order valence-electron chi connectivity index (χ0n) is 24.3. The van der Waals surface area contributed by atoms with Gasteiger partial charge in [-0.1, -0.05) is 72.8 Å². The maximum Gasteiger partial charge on any atom is 0.175 e. The fourth-order valence-electron chi connectivity index (χ4n) is 6.13. The van der Waals surface area contributed by atoms with Crippen LogP contribution in [0, 0.1) is 0 Å². The van der Waals surface area contributed by atoms with Gasteiger partial charge in [0.05, 0.1) is 44.5 Å². The molecular weight excluding hydrogens is 595 g/mol. The van der Waals surface area contributed by atoms with Gasteiger partial charge in [0.2, 0.25) is 0 Å². The highest BCUT2D eigenvalue weighted by Crippen LogP contribution is 2.55. The summed E-state index contributed by atoms with van der Waals surface area (Å²) >= 11 is 1.69. The molecule has 0 radical (unpaired) electrons. The van der Waals surface area contributed by atoms with Crippen LogP contribution in [0.15, 0.2) is 150 Å². The molecule has 1 aliphatic heterocycles. The van der Waals surface area contributed by atoms with Crippen molar-refractivity contribution in [1.29, 1.82) is 0 Å². The molecule has 8 rings (SSSR count). The maximum absolute atomic E-state index is 12.2. The van der Waals surface area contributed by atoms with Gasteiger partial charge in [-0.15, -0.1) is 11.3 Å². The average Bonchev–Trinajstić information content (AvgIpc) is 3.62. The Kier molecular flexibility index (Phi) is 6.52. The van der Waals surface area contributed by atoms with Gasteiger partial charge >= 0.3 is 0 Å². The third kappa shape index (κ3) is 4.68. The van der Waals surface area contributed by atoms with E-state index in [1.54, 1.807) is 23.5 Å². The number of benzene rings is 5. The number of hydrogen-bond donors (Lipinski definition) is 0. The van der Waals surface area contributed by atoms with Crippen LogP contribution in [0.5, 0.6) is 0 Å². The molecule has 5 aromatic carbocycles. The first-order valence-corrected chi connectivity index (χ1v) is 17.4. The monoisotopic (exact) mass is 621 g/mol. The minimum atomic E-state index is -3.31. The molecule has 0 saturated heterocycles. The Bertz CT molecular complexity index is 2250. The second-order valence-electron chi connectivity index (χ2n) is 11.0. The van der Waals surface area contributed by atoms with E-state index in [0.717, 1.165) is 66.7 Å². The molecule has 7 aromatic rings. The Morgan fingerprint density at radius 1 is 0.600 bits per heavy atom. The summed E-state index contributed by atoms with van der Waals surface area (Å²) in [6.07, 6.45) is 1.23. The summed E-state index contributed by atoms with van der Waals surface area (Å²) < 4.78 is 24.4. The summed E-state index contributed by atoms with van der Waals surface area (Å²) in [6.45, 7) is 0. The summed E-state index contributed by atoms with van der Waals surface area (Å²) in [5, 5.41) is 3.13. The van der Waals surface area contributed by atoms with Crippen molar-refractivity contribution >= 4 is 66.2 Å². The zero-order chi connectivity index (χ0) is 30.5. The van der Waals surface area contributed by atoms with E-state index in [2.05, 4.69) is 124 Å². The van der Waals surface area contributed by atoms with Crippen molar-refractivity contribution in [3.63, 3.8) is 0 Å². The average molecular weight is 622 g/mol. The summed E-state index contributed by atoms with van der Waals surface area (Å²) in [6, 6.07) is 47.1. The maximum atomic E-state index is 12.2. The van der Waals surface area contributed by atoms with E-state index in [1.165, 1.54) is 6.26 Å². The summed E-state index contributed by atoms with van der Waals surface area (Å²) in [5.74, 6) is 0. The Morgan fingerprint density at radius 2 is 1.20 bits per heavy atom. The molecule has 0 spiro atoms. The number of thiophene rings is 1. The Hall–Kier alpha value is -5.24. The molecule has 45 heavy (non-hydrogen) atoms. The predicted molar refractivity (Wildman–Crippen MR) is 187 cm³/mol. The van der Waals surface area contributed by atoms with Crippen molar-refractivity contribution in [3.8, 4) is 21.7 Å². The van der Waals surface area contributed by atoms with Crippen LogP contribution in [0.25, 0.3) is 32.6 Å². The molecule has 0 unspecified atom stereocenters. The number of rotatable bonds is 5. The van der Waals surface area contributed by atoms with Gasteiger partial charge < -0.3 is 9.80 Å². The van der Waals surface area contributed by atoms with E-state index >= 15 is 0 Å². The Morgan fingerprint density at radius 3 is 1.80 bits per heavy atom. The van der Waals surface area contributed by atoms with Gasteiger partial charge in [-0.3, -0.25) is 0 Å². The molecule has 2 aromatic heterocycles. The van der Waals surface area contributed by atoms with Crippen LogP contribution in [0.4, 0.5) is 34.1 Å². The van der Waals surface area contributed by atoms with E-state index in [0.29, 0.717) is 0 Å². The van der Waals surface area contributed by atoms with Crippen molar-refractivity contribution in [2.45, 2.75) is 4.90 Å². The van der Waals surface area contributed by atoms with Crippen LogP contribution in [-0.4, -0.2) is 19.7 Å². The lowest BCUT2D eigenvalue weighted by molar-refractivity contribution is 0.602. The van der Waals surface area contributed by atoms with E-state index in [4.69, 9.17) is 4.98 Å². The van der Waals surface area contributed by atoms with Gasteiger partial charge in [0.1, 0.15) is 0 Å². The number of anilines is 6. The van der Waals surface area contributed by atoms with Gasteiger partial charge in [-0.2, -0.15) is 0 Å². The van der Waals surface area contributed by atoms with E-state index in [-0.39, 0.29) is 4.90 Å². The highest BCUT2D eigenvalue weighted by molar-refractivity contribution is 7.90. The highest BCUT2D eigenvalue weighted by Gasteiger charge is 2.31. The van der Waals surface area contributed by atoms with Crippen LogP contribution in [0.3, 0.4) is 0 Å². The lowest BCUT2D eigenvalue weighted by Crippen LogP contribution is -2.24. The van der Waals surface area contributed by atoms with Crippen molar-refractivity contribution in [2.24, 2.45) is 0 Å². The SMILES string of the molecule is CS(=O)(=O)c1ccc(-c2cc(-c3cccs3)c3cccc(N4c5ccccc5N(c5ccccc5)c5ccccc54)c3n2)cc1. The molecule has 0 saturated carbocycles. The number of aromatic nitrogens is 1. The second kappa shape index (κ2) is 10.7. The number of nitrogens with zero attached hydrogens (tertiary/aromatic N) is 3. The highest BCUT2D eigenvalue weighted by atomic mass is 32.2. The molecule has 0 aliphatic carbocycles. The quantitative estimate of drug-likeness (QED) is 0.191. The van der Waals surface area contributed by atoms with Gasteiger partial charge in [0.25, 0.3) is 0 Å². The molecule has 0 bridgehead atoms. The zero-order valence-corrected chi connectivity index (χ0v) is 26.0. The first-order valence-electron chi connectivity index (χ1n) is 14.6. The topological polar surface area (TPSA) is 53.5 Å². The fourth-order valence-corrected chi connectivity index (χ4v) is 7.52. The first kappa shape index (κ1) is 27.3. The molecule has 1 aliphatic rings. The molecule has 0 amide bonds. The predicted octanol–water partition coefficient (Wildman–Crippen LogP) is 10.3. The van der Waals surface area contributed by atoms with Crippen LogP contribution < -0.4 is 9.80 Å². The van der Waals surface area contributed by atoms with Crippen LogP contribution in [-0.2, 0) is 9.84 Å². The normalized spacial score (nSPS) is 12.6. The molecule has 5 nitrogen and oxygen atoms in total. The van der Waals surface area contributed by atoms with Crippen LogP contribution in [0.1, 0.15) is 0 Å². The standard InChI is InChI=1S/C38H27N3O2S2/c1-45(42,43)28-22-20-26(21-23-28)31-25-30(37-19-10-24-44-37)29-13-9-18-36(38(29)39-31)41-34-16-7-5-14-32(34)40(27-11-3-2-4-12-27)33-15-6-8-17-35(33)41/h2-25H,1H3. The number of pyridine rings is 1. The van der Waals surface area contributed by atoms with E-state index in [1.807, 2.05) is 18.2 Å². The lowest BCUT2D eigenvalue weighted by atomic mass is 10.00. The molecule has 0 N–H and O–H groups in total. The van der Waals surface area contributed by atoms with E-state index in [9.17, 15) is 8.42 Å². The van der Waals surface area contributed by atoms with Crippen molar-refractivity contribution < 1.29 is 8.42 Å². The summed E-state index contributed by atoms with van der Waals surface area (Å²) in [5.41, 5.74) is 9.89. The van der Waals surface area contributed by atoms with Crippen LogP contribution >= 0.6 is 11.3 Å². The van der Waals surface area contributed by atoms with Gasteiger partial charge in [0, 0.05) is 33.3 Å². The van der Waals surface area contributed by atoms with Crippen molar-refractivity contribution in [2.75, 3.05) is 16.1 Å². The third-order valence-electron chi connectivity index (χ3n) is 8.17. The second-order valence-corrected chi connectivity index (χ2v) is 13.9. The number of para-hydroxylation sites is 6. The van der Waals surface area contributed by atoms with Gasteiger partial charge in [-0.05, 0) is 72.1 Å². The molecule has 3 heterocycles. The van der Waals surface area contributed by atoms with Gasteiger partial charge in [-0.25, -0.2) is 13.4 Å². The minimum absolute atomic E-state index is 0.288. The van der Waals surface area contributed by atoms with Gasteiger partial charge in [0.15, 0.2) is 9.84 Å². The van der Waals surface area contributed by atoms with Crippen molar-refractivity contribution in [3.05, 3.63) is 145 Å². The molecule has 7 heteroatoms. The number of fused-ring (bicyclic) bond motifs is 3. The Labute approximate surface area is 266 Å². The summed E-state index contributed by atoms with van der Waals surface area (Å²) in [4.78, 5) is 11.4.